The monoisotopic (exact) mass is 767 g/mol. The fraction of sp³-hybridized carbons (Fsp3) is 0.780. The maximum atomic E-state index is 13.1. The van der Waals surface area contributed by atoms with Crippen molar-refractivity contribution in [2.45, 2.75) is 171 Å². The summed E-state index contributed by atoms with van der Waals surface area (Å²) in [6.45, 7) is 21.7. The average Bonchev–Trinajstić information content (AvgIpc) is 3.99. The number of likely N-dealkylation sites (N-methyl/N-ethyl adjacent to an activating group) is 1. The van der Waals surface area contributed by atoms with Gasteiger partial charge in [-0.15, -0.1) is 0 Å². The summed E-state index contributed by atoms with van der Waals surface area (Å²) in [5, 5.41) is 12.9. The SMILES string of the molecule is C/C=C\CCCN(CC)C(=O)C(NC(=O)CNC(=O)[C@@H](C)NC(=O)CC)C(C)(C)C.C1CCCCC1.CC.CCC(CNC=O)C(C)=O.O=CNC1CC1. The number of hydrogen-bond acceptors (Lipinski definition) is 7. The van der Waals surface area contributed by atoms with E-state index in [4.69, 9.17) is 0 Å². The lowest BCUT2D eigenvalue weighted by molar-refractivity contribution is -0.139. The molecule has 6 amide bonds. The number of amides is 6. The van der Waals surface area contributed by atoms with Gasteiger partial charge in [0, 0.05) is 38.0 Å². The third kappa shape index (κ3) is 30.7. The molecule has 0 aromatic heterocycles. The summed E-state index contributed by atoms with van der Waals surface area (Å²) in [6, 6.07) is -0.915. The van der Waals surface area contributed by atoms with Crippen LogP contribution in [0.15, 0.2) is 12.2 Å². The van der Waals surface area contributed by atoms with E-state index in [1.54, 1.807) is 25.7 Å². The Morgan fingerprint density at radius 1 is 0.852 bits per heavy atom. The van der Waals surface area contributed by atoms with Crippen molar-refractivity contribution in [3.63, 3.8) is 0 Å². The zero-order chi connectivity index (χ0) is 42.0. The molecule has 0 aromatic carbocycles. The van der Waals surface area contributed by atoms with E-state index >= 15 is 0 Å². The highest BCUT2D eigenvalue weighted by molar-refractivity contribution is 5.92. The molecule has 5 N–H and O–H groups in total. The zero-order valence-electron chi connectivity index (χ0n) is 35.7. The molecule has 54 heavy (non-hydrogen) atoms. The molecule has 2 rings (SSSR count). The number of Topliss-reactive ketones (excluding diaryl/α,β-unsaturated/α-hetero) is 1. The second-order valence-electron chi connectivity index (χ2n) is 14.3. The van der Waals surface area contributed by atoms with E-state index in [0.717, 1.165) is 25.7 Å². The van der Waals surface area contributed by atoms with Gasteiger partial charge in [-0.2, -0.15) is 0 Å². The van der Waals surface area contributed by atoms with Crippen LogP contribution >= 0.6 is 0 Å². The number of allylic oxidation sites excluding steroid dienone is 2. The van der Waals surface area contributed by atoms with Gasteiger partial charge in [0.25, 0.3) is 0 Å². The van der Waals surface area contributed by atoms with Crippen molar-refractivity contribution in [2.24, 2.45) is 11.3 Å². The molecule has 0 radical (unpaired) electrons. The summed E-state index contributed by atoms with van der Waals surface area (Å²) in [5.74, 6) is -1.15. The molecule has 13 nitrogen and oxygen atoms in total. The first-order valence-corrected chi connectivity index (χ1v) is 20.3. The highest BCUT2D eigenvalue weighted by atomic mass is 16.2. The minimum atomic E-state index is -0.738. The van der Waals surface area contributed by atoms with E-state index in [0.29, 0.717) is 32.1 Å². The molecule has 2 aliphatic rings. The Kier molecular flexibility index (Phi) is 35.3. The predicted octanol–water partition coefficient (Wildman–Crippen LogP) is 5.36. The van der Waals surface area contributed by atoms with Crippen LogP contribution in [0.1, 0.15) is 153 Å². The molecule has 0 aliphatic heterocycles. The van der Waals surface area contributed by atoms with Crippen molar-refractivity contribution in [2.75, 3.05) is 26.2 Å². The summed E-state index contributed by atoms with van der Waals surface area (Å²) in [4.78, 5) is 80.8. The average molecular weight is 767 g/mol. The minimum absolute atomic E-state index is 0.00907. The molecule has 13 heteroatoms. The van der Waals surface area contributed by atoms with E-state index < -0.39 is 29.3 Å². The van der Waals surface area contributed by atoms with Crippen LogP contribution in [0, 0.1) is 11.3 Å². The first kappa shape index (κ1) is 54.6. The Hall–Kier alpha value is -3.77. The molecule has 0 heterocycles. The van der Waals surface area contributed by atoms with Crippen LogP contribution in [0.25, 0.3) is 0 Å². The van der Waals surface area contributed by atoms with Crippen molar-refractivity contribution in [3.05, 3.63) is 12.2 Å². The molecular formula is C41H78N6O7. The maximum Gasteiger partial charge on any atom is 0.245 e. The number of ketones is 1. The predicted molar refractivity (Wildman–Crippen MR) is 218 cm³/mol. The Balaban J connectivity index is -0.000000858. The molecule has 2 saturated carbocycles. The Bertz CT molecular complexity index is 1060. The summed E-state index contributed by atoms with van der Waals surface area (Å²) < 4.78 is 0. The van der Waals surface area contributed by atoms with Gasteiger partial charge in [0.1, 0.15) is 17.9 Å². The molecule has 2 fully saturated rings. The third-order valence-electron chi connectivity index (χ3n) is 8.56. The molecular weight excluding hydrogens is 688 g/mol. The molecule has 0 aromatic rings. The van der Waals surface area contributed by atoms with E-state index in [-0.39, 0.29) is 36.5 Å². The summed E-state index contributed by atoms with van der Waals surface area (Å²) in [6.07, 6.45) is 19.6. The van der Waals surface area contributed by atoms with Gasteiger partial charge in [-0.25, -0.2) is 0 Å². The van der Waals surface area contributed by atoms with Crippen LogP contribution in [0.4, 0.5) is 0 Å². The standard InChI is InChI=1S/C22H40N4O4.C7H13NO2.C6H12.C4H7NO.C2H6/c1-8-11-12-13-14-26(10-3)21(30)19(22(5,6)7)25-18(28)15-23-20(29)16(4)24-17(27)9-2;1-3-7(6(2)10)4-8-5-9;1-2-4-6-5-3-1;6-3-5-4-1-2-4;1-2/h8,11,16,19H,9-10,12-15H2,1-7H3,(H,23,29)(H,24,27)(H,25,28);5,7H,3-4H2,1-2H3,(H,8,9);1-6H2;3-4H,1-2H2,(H,5,6);1-2H3/b11-8-;;;;/t16-,19?;;;;/m1..../s1. The number of nitrogens with zero attached hydrogens (tertiary/aromatic N) is 1. The van der Waals surface area contributed by atoms with E-state index in [2.05, 4.69) is 32.7 Å². The first-order valence-electron chi connectivity index (χ1n) is 20.3. The van der Waals surface area contributed by atoms with Gasteiger partial charge in [-0.1, -0.05) is 99.1 Å². The van der Waals surface area contributed by atoms with Gasteiger partial charge in [0.15, 0.2) is 0 Å². The molecule has 0 saturated heterocycles. The van der Waals surface area contributed by atoms with E-state index in [9.17, 15) is 33.6 Å². The van der Waals surface area contributed by atoms with Crippen molar-refractivity contribution in [1.82, 2.24) is 31.5 Å². The van der Waals surface area contributed by atoms with Crippen LogP contribution < -0.4 is 26.6 Å². The molecule has 314 valence electrons. The minimum Gasteiger partial charge on any atom is -0.358 e. The van der Waals surface area contributed by atoms with Crippen molar-refractivity contribution in [1.29, 1.82) is 0 Å². The Morgan fingerprint density at radius 3 is 1.78 bits per heavy atom. The van der Waals surface area contributed by atoms with Crippen molar-refractivity contribution >= 4 is 42.2 Å². The van der Waals surface area contributed by atoms with Crippen LogP contribution in [-0.4, -0.2) is 91.4 Å². The summed E-state index contributed by atoms with van der Waals surface area (Å²) >= 11 is 0. The fourth-order valence-corrected chi connectivity index (χ4v) is 4.94. The summed E-state index contributed by atoms with van der Waals surface area (Å²) in [7, 11) is 0. The molecule has 0 bridgehead atoms. The lowest BCUT2D eigenvalue weighted by atomic mass is 9.85. The number of carbonyl (C=O) groups is 7. The van der Waals surface area contributed by atoms with E-state index in [1.807, 2.05) is 61.5 Å². The van der Waals surface area contributed by atoms with Gasteiger partial charge in [-0.05, 0) is 65.2 Å². The lowest BCUT2D eigenvalue weighted by Gasteiger charge is -2.34. The molecule has 2 aliphatic carbocycles. The Labute approximate surface area is 327 Å². The fourth-order valence-electron chi connectivity index (χ4n) is 4.94. The van der Waals surface area contributed by atoms with E-state index in [1.165, 1.54) is 51.4 Å². The highest BCUT2D eigenvalue weighted by Crippen LogP contribution is 2.21. The lowest BCUT2D eigenvalue weighted by Crippen LogP contribution is -2.57. The van der Waals surface area contributed by atoms with Crippen LogP contribution in [-0.2, 0) is 33.6 Å². The van der Waals surface area contributed by atoms with Crippen molar-refractivity contribution in [3.8, 4) is 0 Å². The van der Waals surface area contributed by atoms with Gasteiger partial charge in [0.05, 0.1) is 6.54 Å². The second-order valence-corrected chi connectivity index (χ2v) is 14.3. The number of hydrogen-bond donors (Lipinski definition) is 5. The van der Waals surface area contributed by atoms with Crippen LogP contribution in [0.5, 0.6) is 0 Å². The second kappa shape index (κ2) is 35.0. The molecule has 0 spiro atoms. The van der Waals surface area contributed by atoms with Crippen LogP contribution in [0.3, 0.4) is 0 Å². The van der Waals surface area contributed by atoms with Gasteiger partial charge >= 0.3 is 0 Å². The van der Waals surface area contributed by atoms with Crippen LogP contribution in [0.2, 0.25) is 0 Å². The van der Waals surface area contributed by atoms with Crippen molar-refractivity contribution < 1.29 is 33.6 Å². The maximum absolute atomic E-state index is 13.1. The number of rotatable bonds is 19. The Morgan fingerprint density at radius 2 is 1.41 bits per heavy atom. The quantitative estimate of drug-likeness (QED) is 0.0666. The molecule has 2 unspecified atom stereocenters. The highest BCUT2D eigenvalue weighted by Gasteiger charge is 2.35. The third-order valence-corrected chi connectivity index (χ3v) is 8.56. The number of nitrogens with one attached hydrogen (secondary N) is 5. The first-order chi connectivity index (χ1) is 25.6. The summed E-state index contributed by atoms with van der Waals surface area (Å²) in [5.41, 5.74) is -0.490. The zero-order valence-corrected chi connectivity index (χ0v) is 35.7. The van der Waals surface area contributed by atoms with Gasteiger partial charge < -0.3 is 31.5 Å². The number of carbonyl (C=O) groups excluding carboxylic acids is 7. The smallest absolute Gasteiger partial charge is 0.245 e. The topological polar surface area (TPSA) is 183 Å². The largest absolute Gasteiger partial charge is 0.358 e. The molecule has 3 atom stereocenters. The van der Waals surface area contributed by atoms with Gasteiger partial charge in [-0.3, -0.25) is 33.6 Å². The normalized spacial score (nSPS) is 14.7. The van der Waals surface area contributed by atoms with Gasteiger partial charge in [0.2, 0.25) is 36.4 Å². The number of unbranched alkanes of at least 4 members (excludes halogenated alkanes) is 1.